The fourth-order valence-corrected chi connectivity index (χ4v) is 3.80. The Morgan fingerprint density at radius 3 is 2.56 bits per heavy atom. The van der Waals surface area contributed by atoms with Crippen LogP contribution in [0.15, 0.2) is 29.6 Å². The van der Waals surface area contributed by atoms with Gasteiger partial charge in [-0.15, -0.1) is 11.3 Å². The fraction of sp³-hybridized carbons (Fsp3) is 0.421. The molecule has 1 fully saturated rings. The largest absolute Gasteiger partial charge is 0.378 e. The maximum atomic E-state index is 12.6. The number of thiazole rings is 1. The Labute approximate surface area is 151 Å². The van der Waals surface area contributed by atoms with E-state index in [0.29, 0.717) is 38.2 Å². The number of ketones is 1. The highest BCUT2D eigenvalue weighted by Crippen LogP contribution is 2.23. The zero-order valence-electron chi connectivity index (χ0n) is 14.5. The maximum Gasteiger partial charge on any atom is 0.273 e. The fourth-order valence-electron chi connectivity index (χ4n) is 3.06. The third-order valence-corrected chi connectivity index (χ3v) is 5.35. The van der Waals surface area contributed by atoms with Gasteiger partial charge in [-0.2, -0.15) is 0 Å². The molecule has 0 atom stereocenters. The molecule has 1 amide bonds. The van der Waals surface area contributed by atoms with E-state index in [9.17, 15) is 9.59 Å². The van der Waals surface area contributed by atoms with Crippen LogP contribution >= 0.6 is 11.3 Å². The van der Waals surface area contributed by atoms with Gasteiger partial charge < -0.3 is 9.64 Å². The summed E-state index contributed by atoms with van der Waals surface area (Å²) in [5, 5.41) is 2.58. The molecule has 1 aliphatic rings. The molecule has 2 heterocycles. The van der Waals surface area contributed by atoms with E-state index in [1.54, 1.807) is 17.4 Å². The first-order valence-corrected chi connectivity index (χ1v) is 9.30. The van der Waals surface area contributed by atoms with Crippen LogP contribution in [-0.4, -0.2) is 41.8 Å². The highest BCUT2D eigenvalue weighted by atomic mass is 32.1. The van der Waals surface area contributed by atoms with Crippen molar-refractivity contribution in [3.8, 4) is 0 Å². The number of methoxy groups -OCH3 is 1. The van der Waals surface area contributed by atoms with Crippen LogP contribution in [0.5, 0.6) is 0 Å². The van der Waals surface area contributed by atoms with Gasteiger partial charge in [-0.05, 0) is 19.8 Å². The van der Waals surface area contributed by atoms with Gasteiger partial charge in [0.05, 0.1) is 6.61 Å². The first-order chi connectivity index (χ1) is 12.1. The number of carbonyl (C=O) groups is 2. The second-order valence-corrected chi connectivity index (χ2v) is 7.30. The molecule has 0 N–H and O–H groups in total. The van der Waals surface area contributed by atoms with Gasteiger partial charge in [0.15, 0.2) is 5.78 Å². The van der Waals surface area contributed by atoms with Crippen LogP contribution in [0.2, 0.25) is 0 Å². The SMILES string of the molecule is COCc1nc(C(=O)N2CCC(C(=O)c3ccc(C)cc3)CC2)cs1. The van der Waals surface area contributed by atoms with Crippen LogP contribution in [0.3, 0.4) is 0 Å². The van der Waals surface area contributed by atoms with Gasteiger partial charge in [-0.1, -0.05) is 29.8 Å². The average molecular weight is 358 g/mol. The second-order valence-electron chi connectivity index (χ2n) is 6.36. The Hall–Kier alpha value is -2.05. The van der Waals surface area contributed by atoms with E-state index < -0.39 is 0 Å². The minimum absolute atomic E-state index is 0.00811. The van der Waals surface area contributed by atoms with Gasteiger partial charge in [0.25, 0.3) is 5.91 Å². The van der Waals surface area contributed by atoms with Crippen molar-refractivity contribution in [2.45, 2.75) is 26.4 Å². The van der Waals surface area contributed by atoms with Crippen molar-refractivity contribution in [1.82, 2.24) is 9.88 Å². The Kier molecular flexibility index (Phi) is 5.60. The average Bonchev–Trinajstić information content (AvgIpc) is 3.10. The quantitative estimate of drug-likeness (QED) is 0.769. The molecule has 132 valence electrons. The number of amides is 1. The smallest absolute Gasteiger partial charge is 0.273 e. The molecule has 1 aromatic carbocycles. The van der Waals surface area contributed by atoms with E-state index in [0.717, 1.165) is 16.1 Å². The highest BCUT2D eigenvalue weighted by molar-refractivity contribution is 7.09. The molecule has 0 aliphatic carbocycles. The van der Waals surface area contributed by atoms with Crippen LogP contribution in [-0.2, 0) is 11.3 Å². The van der Waals surface area contributed by atoms with Crippen molar-refractivity contribution < 1.29 is 14.3 Å². The van der Waals surface area contributed by atoms with Crippen LogP contribution in [0.4, 0.5) is 0 Å². The molecule has 25 heavy (non-hydrogen) atoms. The molecule has 0 radical (unpaired) electrons. The van der Waals surface area contributed by atoms with Crippen molar-refractivity contribution in [3.05, 3.63) is 51.5 Å². The number of rotatable bonds is 5. The zero-order valence-corrected chi connectivity index (χ0v) is 15.3. The van der Waals surface area contributed by atoms with Crippen molar-refractivity contribution in [1.29, 1.82) is 0 Å². The van der Waals surface area contributed by atoms with E-state index in [-0.39, 0.29) is 17.6 Å². The van der Waals surface area contributed by atoms with E-state index >= 15 is 0 Å². The van der Waals surface area contributed by atoms with E-state index in [4.69, 9.17) is 4.74 Å². The maximum absolute atomic E-state index is 12.6. The second kappa shape index (κ2) is 7.89. The molecule has 0 unspecified atom stereocenters. The van der Waals surface area contributed by atoms with E-state index in [1.165, 1.54) is 11.3 Å². The molecule has 6 heteroatoms. The Morgan fingerprint density at radius 1 is 1.24 bits per heavy atom. The summed E-state index contributed by atoms with van der Waals surface area (Å²) < 4.78 is 5.04. The van der Waals surface area contributed by atoms with Crippen molar-refractivity contribution in [2.24, 2.45) is 5.92 Å². The van der Waals surface area contributed by atoms with Crippen LogP contribution in [0.25, 0.3) is 0 Å². The number of hydrogen-bond donors (Lipinski definition) is 0. The molecule has 1 aromatic heterocycles. The van der Waals surface area contributed by atoms with Gasteiger partial charge in [0, 0.05) is 37.1 Å². The molecule has 2 aromatic rings. The summed E-state index contributed by atoms with van der Waals surface area (Å²) in [5.41, 5.74) is 2.38. The summed E-state index contributed by atoms with van der Waals surface area (Å²) in [7, 11) is 1.61. The summed E-state index contributed by atoms with van der Waals surface area (Å²) in [6.07, 6.45) is 1.40. The summed E-state index contributed by atoms with van der Waals surface area (Å²) in [4.78, 5) is 31.3. The predicted octanol–water partition coefficient (Wildman–Crippen LogP) is 3.33. The molecular weight excluding hydrogens is 336 g/mol. The number of carbonyl (C=O) groups excluding carboxylic acids is 2. The van der Waals surface area contributed by atoms with Crippen molar-refractivity contribution >= 4 is 23.0 Å². The Morgan fingerprint density at radius 2 is 1.92 bits per heavy atom. The number of aromatic nitrogens is 1. The summed E-state index contributed by atoms with van der Waals surface area (Å²) >= 11 is 1.43. The highest BCUT2D eigenvalue weighted by Gasteiger charge is 2.29. The van der Waals surface area contributed by atoms with Gasteiger partial charge in [0.1, 0.15) is 10.7 Å². The van der Waals surface area contributed by atoms with Gasteiger partial charge >= 0.3 is 0 Å². The topological polar surface area (TPSA) is 59.5 Å². The third-order valence-electron chi connectivity index (χ3n) is 4.53. The lowest BCUT2D eigenvalue weighted by Gasteiger charge is -2.31. The van der Waals surface area contributed by atoms with Crippen LogP contribution in [0, 0.1) is 12.8 Å². The first kappa shape index (κ1) is 17.8. The molecule has 0 bridgehead atoms. The molecule has 0 saturated carbocycles. The lowest BCUT2D eigenvalue weighted by atomic mass is 9.88. The molecular formula is C19H22N2O3S. The van der Waals surface area contributed by atoms with E-state index in [1.807, 2.05) is 31.2 Å². The lowest BCUT2D eigenvalue weighted by Crippen LogP contribution is -2.40. The zero-order chi connectivity index (χ0) is 17.8. The number of aryl methyl sites for hydroxylation is 1. The normalized spacial score (nSPS) is 15.4. The monoisotopic (exact) mass is 358 g/mol. The number of nitrogens with zero attached hydrogens (tertiary/aromatic N) is 2. The standard InChI is InChI=1S/C19H22N2O3S/c1-13-3-5-14(6-4-13)18(22)15-7-9-21(10-8-15)19(23)16-12-25-17(20-16)11-24-2/h3-6,12,15H,7-11H2,1-2H3. The number of likely N-dealkylation sites (tertiary alicyclic amines) is 1. The van der Waals surface area contributed by atoms with Gasteiger partial charge in [0.2, 0.25) is 0 Å². The summed E-state index contributed by atoms with van der Waals surface area (Å²) in [6, 6.07) is 7.71. The third kappa shape index (κ3) is 4.14. The molecule has 1 aliphatic heterocycles. The number of hydrogen-bond acceptors (Lipinski definition) is 5. The molecule has 5 nitrogen and oxygen atoms in total. The summed E-state index contributed by atoms with van der Waals surface area (Å²) in [6.45, 7) is 3.62. The molecule has 3 rings (SSSR count). The van der Waals surface area contributed by atoms with Crippen molar-refractivity contribution in [2.75, 3.05) is 20.2 Å². The minimum Gasteiger partial charge on any atom is -0.378 e. The van der Waals surface area contributed by atoms with Gasteiger partial charge in [-0.3, -0.25) is 9.59 Å². The first-order valence-electron chi connectivity index (χ1n) is 8.42. The van der Waals surface area contributed by atoms with Crippen LogP contribution in [0.1, 0.15) is 44.3 Å². The van der Waals surface area contributed by atoms with Crippen molar-refractivity contribution in [3.63, 3.8) is 0 Å². The van der Waals surface area contributed by atoms with E-state index in [2.05, 4.69) is 4.98 Å². The predicted molar refractivity (Wildman–Crippen MR) is 97.0 cm³/mol. The number of benzene rings is 1. The number of Topliss-reactive ketones (excluding diaryl/α,β-unsaturated/α-hetero) is 1. The molecule has 1 saturated heterocycles. The lowest BCUT2D eigenvalue weighted by molar-refractivity contribution is 0.0645. The minimum atomic E-state index is -0.0557. The Bertz CT molecular complexity index is 746. The molecule has 0 spiro atoms. The summed E-state index contributed by atoms with van der Waals surface area (Å²) in [5.74, 6) is 0.120. The Balaban J connectivity index is 1.58. The van der Waals surface area contributed by atoms with Crippen LogP contribution < -0.4 is 0 Å². The van der Waals surface area contributed by atoms with Gasteiger partial charge in [-0.25, -0.2) is 4.98 Å². The number of piperidine rings is 1. The number of ether oxygens (including phenoxy) is 1.